The number of carbonyl (C=O) groups excluding carboxylic acids is 2. The fraction of sp³-hybridized carbons (Fsp3) is 0.111. The van der Waals surface area contributed by atoms with E-state index in [1.165, 1.54) is 6.08 Å². The minimum absolute atomic E-state index is 0.342. The van der Waals surface area contributed by atoms with E-state index in [1.807, 2.05) is 50.2 Å². The molecule has 0 atom stereocenters. The van der Waals surface area contributed by atoms with Crippen LogP contribution in [-0.4, -0.2) is 11.8 Å². The Morgan fingerprint density at radius 3 is 2.48 bits per heavy atom. The van der Waals surface area contributed by atoms with E-state index in [4.69, 9.17) is 0 Å². The van der Waals surface area contributed by atoms with E-state index < -0.39 is 5.91 Å². The first kappa shape index (κ1) is 17.0. The molecule has 2 rings (SSSR count). The van der Waals surface area contributed by atoms with Crippen LogP contribution >= 0.6 is 15.9 Å². The summed E-state index contributed by atoms with van der Waals surface area (Å²) in [5.74, 6) is -0.746. The van der Waals surface area contributed by atoms with Gasteiger partial charge in [0.15, 0.2) is 0 Å². The van der Waals surface area contributed by atoms with Gasteiger partial charge in [0.25, 0.3) is 11.8 Å². The second-order valence-electron chi connectivity index (χ2n) is 5.12. The highest BCUT2D eigenvalue weighted by Crippen LogP contribution is 2.16. The molecule has 2 aromatic carbocycles. The molecule has 0 spiro atoms. The molecule has 0 aromatic heterocycles. The maximum Gasteiger partial charge on any atom is 0.269 e. The maximum absolute atomic E-state index is 12.1. The van der Waals surface area contributed by atoms with Gasteiger partial charge in [-0.1, -0.05) is 51.8 Å². The largest absolute Gasteiger partial charge is 0.269 e. The highest BCUT2D eigenvalue weighted by atomic mass is 79.9. The quantitative estimate of drug-likeness (QED) is 0.639. The zero-order chi connectivity index (χ0) is 16.8. The van der Waals surface area contributed by atoms with E-state index in [0.717, 1.165) is 21.2 Å². The molecule has 0 unspecified atom stereocenters. The monoisotopic (exact) mass is 372 g/mol. The molecule has 0 heterocycles. The first-order chi connectivity index (χ1) is 11.0. The minimum Gasteiger partial charge on any atom is -0.268 e. The van der Waals surface area contributed by atoms with Crippen LogP contribution in [0.5, 0.6) is 0 Å². The molecule has 0 radical (unpaired) electrons. The topological polar surface area (TPSA) is 58.2 Å². The molecule has 0 aliphatic carbocycles. The third kappa shape index (κ3) is 4.79. The lowest BCUT2D eigenvalue weighted by Crippen LogP contribution is -2.41. The van der Waals surface area contributed by atoms with Crippen LogP contribution in [0.25, 0.3) is 6.08 Å². The minimum atomic E-state index is -0.404. The van der Waals surface area contributed by atoms with Crippen LogP contribution in [0.4, 0.5) is 0 Å². The van der Waals surface area contributed by atoms with Crippen LogP contribution in [0.3, 0.4) is 0 Å². The maximum atomic E-state index is 12.1. The Morgan fingerprint density at radius 2 is 1.78 bits per heavy atom. The molecule has 0 aliphatic heterocycles. The van der Waals surface area contributed by atoms with Gasteiger partial charge in [0.2, 0.25) is 0 Å². The Bertz CT molecular complexity index is 769. The zero-order valence-corrected chi connectivity index (χ0v) is 14.5. The predicted octanol–water partition coefficient (Wildman–Crippen LogP) is 3.54. The van der Waals surface area contributed by atoms with Gasteiger partial charge in [0, 0.05) is 16.1 Å². The molecule has 2 aromatic rings. The standard InChI is InChI=1S/C18H17BrN2O2/c1-12-7-9-15(13(2)11-12)18(23)21-20-17(22)10-8-14-5-3-4-6-16(14)19/h3-11H,1-2H3,(H,20,22)(H,21,23)/b10-8+. The van der Waals surface area contributed by atoms with Crippen LogP contribution in [0.2, 0.25) is 0 Å². The summed E-state index contributed by atoms with van der Waals surface area (Å²) in [5, 5.41) is 0. The lowest BCUT2D eigenvalue weighted by Gasteiger charge is -2.08. The van der Waals surface area contributed by atoms with Gasteiger partial charge in [0.05, 0.1) is 0 Å². The summed E-state index contributed by atoms with van der Waals surface area (Å²) in [6, 6.07) is 13.1. The second-order valence-corrected chi connectivity index (χ2v) is 5.97. The molecule has 0 saturated carbocycles. The van der Waals surface area contributed by atoms with Crippen LogP contribution in [0, 0.1) is 13.8 Å². The molecule has 118 valence electrons. The van der Waals surface area contributed by atoms with Crippen molar-refractivity contribution in [3.8, 4) is 0 Å². The first-order valence-electron chi connectivity index (χ1n) is 7.07. The predicted molar refractivity (Wildman–Crippen MR) is 94.7 cm³/mol. The van der Waals surface area contributed by atoms with Gasteiger partial charge in [-0.15, -0.1) is 0 Å². The molecule has 5 heteroatoms. The van der Waals surface area contributed by atoms with Gasteiger partial charge >= 0.3 is 0 Å². The molecule has 0 fully saturated rings. The van der Waals surface area contributed by atoms with E-state index in [9.17, 15) is 9.59 Å². The number of hydrazine groups is 1. The number of aryl methyl sites for hydroxylation is 2. The number of hydrogen-bond acceptors (Lipinski definition) is 2. The Balaban J connectivity index is 1.94. The Hall–Kier alpha value is -2.40. The smallest absolute Gasteiger partial charge is 0.268 e. The van der Waals surface area contributed by atoms with Crippen molar-refractivity contribution in [2.24, 2.45) is 0 Å². The van der Waals surface area contributed by atoms with E-state index in [2.05, 4.69) is 26.8 Å². The summed E-state index contributed by atoms with van der Waals surface area (Å²) in [4.78, 5) is 23.8. The van der Waals surface area contributed by atoms with Crippen LogP contribution in [-0.2, 0) is 4.79 Å². The van der Waals surface area contributed by atoms with E-state index in [-0.39, 0.29) is 5.91 Å². The summed E-state index contributed by atoms with van der Waals surface area (Å²) < 4.78 is 0.892. The fourth-order valence-electron chi connectivity index (χ4n) is 2.07. The van der Waals surface area contributed by atoms with Gasteiger partial charge in [-0.2, -0.15) is 0 Å². The average molecular weight is 373 g/mol. The summed E-state index contributed by atoms with van der Waals surface area (Å²) in [6.45, 7) is 3.82. The zero-order valence-electron chi connectivity index (χ0n) is 12.9. The number of amides is 2. The van der Waals surface area contributed by atoms with Gasteiger partial charge in [-0.3, -0.25) is 20.4 Å². The molecular weight excluding hydrogens is 356 g/mol. The van der Waals surface area contributed by atoms with E-state index in [1.54, 1.807) is 12.1 Å². The SMILES string of the molecule is Cc1ccc(C(=O)NNC(=O)/C=C/c2ccccc2Br)c(C)c1. The van der Waals surface area contributed by atoms with Gasteiger partial charge in [0.1, 0.15) is 0 Å². The average Bonchev–Trinajstić information content (AvgIpc) is 2.52. The number of carbonyl (C=O) groups is 2. The fourth-order valence-corrected chi connectivity index (χ4v) is 2.49. The van der Waals surface area contributed by atoms with Crippen molar-refractivity contribution in [2.45, 2.75) is 13.8 Å². The highest BCUT2D eigenvalue weighted by Gasteiger charge is 2.09. The Kier molecular flexibility index (Phi) is 5.71. The molecule has 2 N–H and O–H groups in total. The van der Waals surface area contributed by atoms with Crippen molar-refractivity contribution in [3.05, 3.63) is 75.3 Å². The summed E-state index contributed by atoms with van der Waals surface area (Å²) >= 11 is 3.40. The Morgan fingerprint density at radius 1 is 1.04 bits per heavy atom. The van der Waals surface area contributed by atoms with Crippen molar-refractivity contribution in [2.75, 3.05) is 0 Å². The normalized spacial score (nSPS) is 10.6. The number of benzene rings is 2. The first-order valence-corrected chi connectivity index (χ1v) is 7.87. The molecular formula is C18H17BrN2O2. The lowest BCUT2D eigenvalue weighted by atomic mass is 10.1. The van der Waals surface area contributed by atoms with Gasteiger partial charge in [-0.25, -0.2) is 0 Å². The third-order valence-electron chi connectivity index (χ3n) is 3.25. The van der Waals surface area contributed by atoms with Crippen LogP contribution in [0.1, 0.15) is 27.0 Å². The lowest BCUT2D eigenvalue weighted by molar-refractivity contribution is -0.117. The summed E-state index contributed by atoms with van der Waals surface area (Å²) in [7, 11) is 0. The van der Waals surface area contributed by atoms with Gasteiger partial charge in [-0.05, 0) is 43.2 Å². The number of halogens is 1. The summed E-state index contributed by atoms with van der Waals surface area (Å²) in [5.41, 5.74) is 8.14. The number of hydrogen-bond donors (Lipinski definition) is 2. The van der Waals surface area contributed by atoms with Crippen molar-refractivity contribution in [1.29, 1.82) is 0 Å². The number of rotatable bonds is 3. The van der Waals surface area contributed by atoms with E-state index in [0.29, 0.717) is 5.56 Å². The summed E-state index contributed by atoms with van der Waals surface area (Å²) in [6.07, 6.45) is 3.03. The second kappa shape index (κ2) is 7.74. The van der Waals surface area contributed by atoms with Crippen molar-refractivity contribution in [1.82, 2.24) is 10.9 Å². The molecule has 0 aliphatic rings. The van der Waals surface area contributed by atoms with Crippen LogP contribution < -0.4 is 10.9 Å². The van der Waals surface area contributed by atoms with Crippen molar-refractivity contribution in [3.63, 3.8) is 0 Å². The van der Waals surface area contributed by atoms with E-state index >= 15 is 0 Å². The Labute approximate surface area is 143 Å². The molecule has 0 saturated heterocycles. The molecule has 4 nitrogen and oxygen atoms in total. The highest BCUT2D eigenvalue weighted by molar-refractivity contribution is 9.10. The molecule has 0 bridgehead atoms. The van der Waals surface area contributed by atoms with Crippen LogP contribution in [0.15, 0.2) is 53.0 Å². The van der Waals surface area contributed by atoms with Crippen molar-refractivity contribution >= 4 is 33.8 Å². The van der Waals surface area contributed by atoms with Crippen molar-refractivity contribution < 1.29 is 9.59 Å². The number of nitrogens with one attached hydrogen (secondary N) is 2. The molecule has 2 amide bonds. The third-order valence-corrected chi connectivity index (χ3v) is 3.97. The molecule has 23 heavy (non-hydrogen) atoms. The van der Waals surface area contributed by atoms with Gasteiger partial charge < -0.3 is 0 Å².